The van der Waals surface area contributed by atoms with E-state index in [1.165, 1.54) is 25.9 Å². The number of hydrogen-bond donors (Lipinski definition) is 0. The van der Waals surface area contributed by atoms with E-state index < -0.39 is 0 Å². The van der Waals surface area contributed by atoms with Gasteiger partial charge >= 0.3 is 0 Å². The van der Waals surface area contributed by atoms with Gasteiger partial charge in [-0.2, -0.15) is 0 Å². The van der Waals surface area contributed by atoms with Crippen molar-refractivity contribution in [3.8, 4) is 0 Å². The molecule has 1 atom stereocenters. The maximum Gasteiger partial charge on any atom is 0.156 e. The molecule has 3 aliphatic rings. The first-order valence-electron chi connectivity index (χ1n) is 6.21. The summed E-state index contributed by atoms with van der Waals surface area (Å²) in [4.78, 5) is 2.56. The van der Waals surface area contributed by atoms with Crippen molar-refractivity contribution in [3.63, 3.8) is 0 Å². The van der Waals surface area contributed by atoms with E-state index in [0.717, 1.165) is 17.9 Å². The van der Waals surface area contributed by atoms with E-state index in [-0.39, 0.29) is 5.54 Å². The quantitative estimate of drug-likeness (QED) is 0.676. The summed E-state index contributed by atoms with van der Waals surface area (Å²) in [5, 5.41) is 0. The highest BCUT2D eigenvalue weighted by molar-refractivity contribution is 5.29. The lowest BCUT2D eigenvalue weighted by Crippen LogP contribution is -2.45. The van der Waals surface area contributed by atoms with E-state index in [2.05, 4.69) is 24.0 Å². The fourth-order valence-electron chi connectivity index (χ4n) is 2.83. The van der Waals surface area contributed by atoms with Gasteiger partial charge in [-0.3, -0.25) is 4.90 Å². The van der Waals surface area contributed by atoms with Crippen LogP contribution < -0.4 is 0 Å². The topological polar surface area (TPSA) is 21.7 Å². The average molecular weight is 221 g/mol. The predicted octanol–water partition coefficient (Wildman–Crippen LogP) is 2.06. The Labute approximate surface area is 96.7 Å². The van der Waals surface area contributed by atoms with Crippen molar-refractivity contribution in [1.29, 1.82) is 0 Å². The van der Waals surface area contributed by atoms with Crippen LogP contribution in [0.25, 0.3) is 0 Å². The minimum atomic E-state index is 0.135. The number of allylic oxidation sites excluding steroid dienone is 1. The lowest BCUT2D eigenvalue weighted by atomic mass is 9.89. The minimum absolute atomic E-state index is 0.135. The first-order chi connectivity index (χ1) is 7.78. The van der Waals surface area contributed by atoms with Gasteiger partial charge in [-0.05, 0) is 38.9 Å². The highest BCUT2D eigenvalue weighted by Gasteiger charge is 2.36. The summed E-state index contributed by atoms with van der Waals surface area (Å²) in [6.07, 6.45) is 7.99. The second kappa shape index (κ2) is 3.81. The molecule has 1 saturated heterocycles. The lowest BCUT2D eigenvalue weighted by Gasteiger charge is -2.40. The Bertz CT molecular complexity index is 342. The Kier molecular flexibility index (Phi) is 2.43. The van der Waals surface area contributed by atoms with Crippen LogP contribution in [-0.2, 0) is 9.47 Å². The Morgan fingerprint density at radius 3 is 2.75 bits per heavy atom. The van der Waals surface area contributed by atoms with E-state index in [1.807, 2.05) is 0 Å². The average Bonchev–Trinajstić information content (AvgIpc) is 2.83. The fraction of sp³-hybridized carbons (Fsp3) is 0.692. The van der Waals surface area contributed by atoms with Gasteiger partial charge in [-0.25, -0.2) is 0 Å². The molecule has 1 aliphatic carbocycles. The van der Waals surface area contributed by atoms with Crippen molar-refractivity contribution in [3.05, 3.63) is 23.7 Å². The van der Waals surface area contributed by atoms with Gasteiger partial charge in [0.1, 0.15) is 19.0 Å². The Morgan fingerprint density at radius 2 is 1.94 bits per heavy atom. The highest BCUT2D eigenvalue weighted by Crippen LogP contribution is 2.35. The van der Waals surface area contributed by atoms with Crippen LogP contribution in [0.5, 0.6) is 0 Å². The van der Waals surface area contributed by atoms with Gasteiger partial charge in [0.25, 0.3) is 0 Å². The summed E-state index contributed by atoms with van der Waals surface area (Å²) < 4.78 is 11.3. The summed E-state index contributed by atoms with van der Waals surface area (Å²) in [6.45, 7) is 6.11. The Hall–Kier alpha value is -0.960. The molecule has 0 aromatic carbocycles. The van der Waals surface area contributed by atoms with Crippen molar-refractivity contribution in [1.82, 2.24) is 4.90 Å². The van der Waals surface area contributed by atoms with Crippen LogP contribution in [0.15, 0.2) is 23.7 Å². The first kappa shape index (κ1) is 10.2. The van der Waals surface area contributed by atoms with Crippen LogP contribution in [0.4, 0.5) is 0 Å². The van der Waals surface area contributed by atoms with Gasteiger partial charge < -0.3 is 9.47 Å². The molecule has 0 amide bonds. The molecular weight excluding hydrogens is 202 g/mol. The van der Waals surface area contributed by atoms with Gasteiger partial charge in [0.15, 0.2) is 5.76 Å². The van der Waals surface area contributed by atoms with E-state index in [0.29, 0.717) is 13.2 Å². The predicted molar refractivity (Wildman–Crippen MR) is 61.9 cm³/mol. The SMILES string of the molecule is CC1(N2CCCC2)C=CC2=C(C1)OCCO2. The normalized spacial score (nSPS) is 34.6. The second-order valence-electron chi connectivity index (χ2n) is 5.05. The smallest absolute Gasteiger partial charge is 0.156 e. The molecule has 0 bridgehead atoms. The summed E-state index contributed by atoms with van der Waals surface area (Å²) in [5.74, 6) is 1.99. The molecule has 0 N–H and O–H groups in total. The molecule has 0 aromatic rings. The number of rotatable bonds is 1. The fourth-order valence-corrected chi connectivity index (χ4v) is 2.83. The Balaban J connectivity index is 1.80. The van der Waals surface area contributed by atoms with Gasteiger partial charge in [0.05, 0.1) is 0 Å². The van der Waals surface area contributed by atoms with Crippen LogP contribution in [0.2, 0.25) is 0 Å². The van der Waals surface area contributed by atoms with Gasteiger partial charge in [-0.1, -0.05) is 6.08 Å². The third-order valence-electron chi connectivity index (χ3n) is 3.83. The summed E-state index contributed by atoms with van der Waals surface area (Å²) >= 11 is 0. The molecule has 0 saturated carbocycles. The zero-order chi connectivity index (χ0) is 11.0. The monoisotopic (exact) mass is 221 g/mol. The molecule has 1 unspecified atom stereocenters. The first-order valence-corrected chi connectivity index (χ1v) is 6.21. The third kappa shape index (κ3) is 1.63. The molecule has 2 aliphatic heterocycles. The number of likely N-dealkylation sites (tertiary alicyclic amines) is 1. The van der Waals surface area contributed by atoms with Crippen LogP contribution in [0.1, 0.15) is 26.2 Å². The summed E-state index contributed by atoms with van der Waals surface area (Å²) in [7, 11) is 0. The molecule has 1 fully saturated rings. The molecule has 88 valence electrons. The largest absolute Gasteiger partial charge is 0.490 e. The number of hydrogen-bond acceptors (Lipinski definition) is 3. The molecule has 3 heteroatoms. The van der Waals surface area contributed by atoms with Gasteiger partial charge in [-0.15, -0.1) is 0 Å². The minimum Gasteiger partial charge on any atom is -0.490 e. The lowest BCUT2D eigenvalue weighted by molar-refractivity contribution is 0.0444. The summed E-state index contributed by atoms with van der Waals surface area (Å²) in [6, 6.07) is 0. The molecular formula is C13H19NO2. The van der Waals surface area contributed by atoms with Crippen LogP contribution in [-0.4, -0.2) is 36.7 Å². The molecule has 16 heavy (non-hydrogen) atoms. The molecule has 3 rings (SSSR count). The maximum atomic E-state index is 5.71. The zero-order valence-electron chi connectivity index (χ0n) is 9.87. The highest BCUT2D eigenvalue weighted by atomic mass is 16.6. The van der Waals surface area contributed by atoms with Crippen molar-refractivity contribution >= 4 is 0 Å². The van der Waals surface area contributed by atoms with Crippen molar-refractivity contribution in [2.24, 2.45) is 0 Å². The van der Waals surface area contributed by atoms with Crippen molar-refractivity contribution < 1.29 is 9.47 Å². The van der Waals surface area contributed by atoms with Crippen molar-refractivity contribution in [2.75, 3.05) is 26.3 Å². The van der Waals surface area contributed by atoms with Crippen LogP contribution in [0.3, 0.4) is 0 Å². The Morgan fingerprint density at radius 1 is 1.19 bits per heavy atom. The van der Waals surface area contributed by atoms with Crippen molar-refractivity contribution in [2.45, 2.75) is 31.7 Å². The van der Waals surface area contributed by atoms with Crippen LogP contribution >= 0.6 is 0 Å². The number of nitrogens with zero attached hydrogens (tertiary/aromatic N) is 1. The van der Waals surface area contributed by atoms with E-state index >= 15 is 0 Å². The van der Waals surface area contributed by atoms with Crippen LogP contribution in [0, 0.1) is 0 Å². The standard InChI is InChI=1S/C13H19NO2/c1-13(14-6-2-3-7-14)5-4-11-12(10-13)16-9-8-15-11/h4-5H,2-3,6-10H2,1H3. The number of ether oxygens (including phenoxy) is 2. The van der Waals surface area contributed by atoms with E-state index in [1.54, 1.807) is 0 Å². The maximum absolute atomic E-state index is 5.71. The van der Waals surface area contributed by atoms with E-state index in [9.17, 15) is 0 Å². The molecule has 2 heterocycles. The molecule has 3 nitrogen and oxygen atoms in total. The van der Waals surface area contributed by atoms with Gasteiger partial charge in [0, 0.05) is 12.0 Å². The molecule has 0 radical (unpaired) electrons. The molecule has 0 aromatic heterocycles. The second-order valence-corrected chi connectivity index (χ2v) is 5.05. The van der Waals surface area contributed by atoms with E-state index in [4.69, 9.17) is 9.47 Å². The molecule has 0 spiro atoms. The third-order valence-corrected chi connectivity index (χ3v) is 3.83. The van der Waals surface area contributed by atoms with Gasteiger partial charge in [0.2, 0.25) is 0 Å². The zero-order valence-corrected chi connectivity index (χ0v) is 9.87. The summed E-state index contributed by atoms with van der Waals surface area (Å²) in [5.41, 5.74) is 0.135.